The van der Waals surface area contributed by atoms with E-state index in [0.29, 0.717) is 10.5 Å². The minimum Gasteiger partial charge on any atom is -0.507 e. The van der Waals surface area contributed by atoms with Crippen molar-refractivity contribution in [3.8, 4) is 5.75 Å². The zero-order valence-corrected chi connectivity index (χ0v) is 10.4. The van der Waals surface area contributed by atoms with Gasteiger partial charge in [-0.3, -0.25) is 4.79 Å². The molecule has 19 heavy (non-hydrogen) atoms. The van der Waals surface area contributed by atoms with Crippen molar-refractivity contribution in [2.45, 2.75) is 13.1 Å². The smallest absolute Gasteiger partial charge is 0.406 e. The lowest BCUT2D eigenvalue weighted by molar-refractivity contribution is -0.140. The summed E-state index contributed by atoms with van der Waals surface area (Å²) in [5.41, 5.74) is 5.72. The number of nitrogens with zero attached hydrogens (tertiary/aromatic N) is 1. The molecule has 0 aliphatic carbocycles. The molecule has 1 rings (SSSR count). The maximum absolute atomic E-state index is 12.4. The first-order chi connectivity index (χ1) is 8.74. The average Bonchev–Trinajstić information content (AvgIpc) is 2.29. The summed E-state index contributed by atoms with van der Waals surface area (Å²) in [5.74, 6) is -1.23. The van der Waals surface area contributed by atoms with Crippen molar-refractivity contribution >= 4 is 5.91 Å². The molecular formula is C12H15F3N2O2. The second kappa shape index (κ2) is 5.92. The molecule has 3 N–H and O–H groups in total. The van der Waals surface area contributed by atoms with E-state index in [2.05, 4.69) is 0 Å². The quantitative estimate of drug-likeness (QED) is 0.879. The molecule has 0 atom stereocenters. The van der Waals surface area contributed by atoms with Crippen LogP contribution in [-0.2, 0) is 0 Å². The standard InChI is InChI=1S/C12H15F3N2O2/c1-8-2-3-10(18)9(6-8)11(19)17(5-4-16)7-12(13,14)15/h2-3,6,18H,4-5,7,16H2,1H3. The van der Waals surface area contributed by atoms with Gasteiger partial charge < -0.3 is 15.7 Å². The number of carbonyl (C=O) groups is 1. The number of alkyl halides is 3. The monoisotopic (exact) mass is 276 g/mol. The van der Waals surface area contributed by atoms with E-state index >= 15 is 0 Å². The number of benzene rings is 1. The van der Waals surface area contributed by atoms with Crippen LogP contribution in [0.2, 0.25) is 0 Å². The molecule has 0 spiro atoms. The summed E-state index contributed by atoms with van der Waals surface area (Å²) >= 11 is 0. The second-order valence-electron chi connectivity index (χ2n) is 4.15. The van der Waals surface area contributed by atoms with E-state index in [4.69, 9.17) is 5.73 Å². The molecule has 7 heteroatoms. The number of phenols is 1. The molecule has 0 unspecified atom stereocenters. The molecule has 1 aromatic carbocycles. The summed E-state index contributed by atoms with van der Waals surface area (Å²) in [6.45, 7) is -0.0379. The number of amides is 1. The summed E-state index contributed by atoms with van der Waals surface area (Å²) < 4.78 is 37.2. The summed E-state index contributed by atoms with van der Waals surface area (Å²) in [4.78, 5) is 12.6. The van der Waals surface area contributed by atoms with E-state index < -0.39 is 18.6 Å². The zero-order chi connectivity index (χ0) is 14.6. The highest BCUT2D eigenvalue weighted by Crippen LogP contribution is 2.23. The highest BCUT2D eigenvalue weighted by Gasteiger charge is 2.33. The Balaban J connectivity index is 3.02. The van der Waals surface area contributed by atoms with Gasteiger partial charge in [-0.25, -0.2) is 0 Å². The van der Waals surface area contributed by atoms with Crippen molar-refractivity contribution in [3.05, 3.63) is 29.3 Å². The van der Waals surface area contributed by atoms with Crippen molar-refractivity contribution in [2.24, 2.45) is 5.73 Å². The normalized spacial score (nSPS) is 11.4. The van der Waals surface area contributed by atoms with Crippen LogP contribution in [0, 0.1) is 6.92 Å². The minimum atomic E-state index is -4.51. The number of aryl methyl sites for hydroxylation is 1. The molecule has 0 heterocycles. The van der Waals surface area contributed by atoms with Crippen LogP contribution >= 0.6 is 0 Å². The molecule has 0 radical (unpaired) electrons. The molecule has 0 bridgehead atoms. The largest absolute Gasteiger partial charge is 0.507 e. The van der Waals surface area contributed by atoms with Gasteiger partial charge in [0.15, 0.2) is 0 Å². The van der Waals surface area contributed by atoms with Crippen LogP contribution in [0.25, 0.3) is 0 Å². The lowest BCUT2D eigenvalue weighted by atomic mass is 10.1. The number of carbonyl (C=O) groups excluding carboxylic acids is 1. The van der Waals surface area contributed by atoms with Gasteiger partial charge in [-0.1, -0.05) is 11.6 Å². The second-order valence-corrected chi connectivity index (χ2v) is 4.15. The number of rotatable bonds is 4. The number of aromatic hydroxyl groups is 1. The van der Waals surface area contributed by atoms with Gasteiger partial charge in [0.1, 0.15) is 12.3 Å². The Hall–Kier alpha value is -1.76. The van der Waals surface area contributed by atoms with Gasteiger partial charge in [-0.05, 0) is 19.1 Å². The Morgan fingerprint density at radius 3 is 2.58 bits per heavy atom. The van der Waals surface area contributed by atoms with E-state index in [9.17, 15) is 23.1 Å². The molecule has 0 saturated carbocycles. The fourth-order valence-electron chi connectivity index (χ4n) is 1.62. The number of hydrogen-bond acceptors (Lipinski definition) is 3. The van der Waals surface area contributed by atoms with E-state index in [-0.39, 0.29) is 24.4 Å². The van der Waals surface area contributed by atoms with Crippen molar-refractivity contribution in [2.75, 3.05) is 19.6 Å². The van der Waals surface area contributed by atoms with Crippen LogP contribution in [0.3, 0.4) is 0 Å². The van der Waals surface area contributed by atoms with Crippen molar-refractivity contribution in [3.63, 3.8) is 0 Å². The first kappa shape index (κ1) is 15.3. The number of halogens is 3. The number of nitrogens with two attached hydrogens (primary N) is 1. The van der Waals surface area contributed by atoms with Gasteiger partial charge in [0, 0.05) is 13.1 Å². The number of hydrogen-bond donors (Lipinski definition) is 2. The molecule has 4 nitrogen and oxygen atoms in total. The third-order valence-electron chi connectivity index (χ3n) is 2.44. The lowest BCUT2D eigenvalue weighted by Gasteiger charge is -2.23. The topological polar surface area (TPSA) is 66.6 Å². The van der Waals surface area contributed by atoms with Crippen molar-refractivity contribution < 1.29 is 23.1 Å². The zero-order valence-electron chi connectivity index (χ0n) is 10.4. The van der Waals surface area contributed by atoms with Gasteiger partial charge in [-0.15, -0.1) is 0 Å². The highest BCUT2D eigenvalue weighted by molar-refractivity contribution is 5.97. The molecule has 0 aliphatic heterocycles. The van der Waals surface area contributed by atoms with Crippen LogP contribution in [0.1, 0.15) is 15.9 Å². The predicted molar refractivity (Wildman–Crippen MR) is 63.9 cm³/mol. The summed E-state index contributed by atoms with van der Waals surface area (Å²) in [5, 5.41) is 9.56. The SMILES string of the molecule is Cc1ccc(O)c(C(=O)N(CCN)CC(F)(F)F)c1. The third kappa shape index (κ3) is 4.44. The Morgan fingerprint density at radius 2 is 2.05 bits per heavy atom. The van der Waals surface area contributed by atoms with Crippen molar-refractivity contribution in [1.29, 1.82) is 0 Å². The van der Waals surface area contributed by atoms with Gasteiger partial charge in [-0.2, -0.15) is 13.2 Å². The predicted octanol–water partition coefficient (Wildman–Crippen LogP) is 1.66. The summed E-state index contributed by atoms with van der Waals surface area (Å²) in [6.07, 6.45) is -4.51. The maximum Gasteiger partial charge on any atom is 0.406 e. The molecule has 1 amide bonds. The van der Waals surface area contributed by atoms with Crippen LogP contribution in [0.5, 0.6) is 5.75 Å². The molecule has 106 valence electrons. The maximum atomic E-state index is 12.4. The van der Waals surface area contributed by atoms with Crippen LogP contribution in [0.15, 0.2) is 18.2 Å². The Morgan fingerprint density at radius 1 is 1.42 bits per heavy atom. The van der Waals surface area contributed by atoms with Crippen LogP contribution < -0.4 is 5.73 Å². The molecule has 0 aromatic heterocycles. The molecule has 0 aliphatic rings. The van der Waals surface area contributed by atoms with Crippen molar-refractivity contribution in [1.82, 2.24) is 4.90 Å². The van der Waals surface area contributed by atoms with Gasteiger partial charge in [0.05, 0.1) is 5.56 Å². The molecule has 0 fully saturated rings. The van der Waals surface area contributed by atoms with Gasteiger partial charge in [0.25, 0.3) is 5.91 Å². The van der Waals surface area contributed by atoms with Gasteiger partial charge >= 0.3 is 6.18 Å². The average molecular weight is 276 g/mol. The van der Waals surface area contributed by atoms with E-state index in [1.54, 1.807) is 13.0 Å². The Labute approximate surface area is 108 Å². The van der Waals surface area contributed by atoms with Crippen LogP contribution in [0.4, 0.5) is 13.2 Å². The Kier molecular flexibility index (Phi) is 4.77. The summed E-state index contributed by atoms with van der Waals surface area (Å²) in [7, 11) is 0. The third-order valence-corrected chi connectivity index (χ3v) is 2.44. The first-order valence-corrected chi connectivity index (χ1v) is 5.60. The van der Waals surface area contributed by atoms with E-state index in [1.807, 2.05) is 0 Å². The molecular weight excluding hydrogens is 261 g/mol. The van der Waals surface area contributed by atoms with Gasteiger partial charge in [0.2, 0.25) is 0 Å². The Bertz CT molecular complexity index is 461. The molecule has 0 saturated heterocycles. The lowest BCUT2D eigenvalue weighted by Crippen LogP contribution is -2.41. The fraction of sp³-hybridized carbons (Fsp3) is 0.417. The molecule has 1 aromatic rings. The van der Waals surface area contributed by atoms with E-state index in [0.717, 1.165) is 0 Å². The highest BCUT2D eigenvalue weighted by atomic mass is 19.4. The van der Waals surface area contributed by atoms with Crippen LogP contribution in [-0.4, -0.2) is 41.7 Å². The first-order valence-electron chi connectivity index (χ1n) is 5.60. The fourth-order valence-corrected chi connectivity index (χ4v) is 1.62. The minimum absolute atomic E-state index is 0.0889. The summed E-state index contributed by atoms with van der Waals surface area (Å²) in [6, 6.07) is 4.18. The number of phenolic OH excluding ortho intramolecular Hbond substituents is 1. The van der Waals surface area contributed by atoms with E-state index in [1.165, 1.54) is 12.1 Å².